The van der Waals surface area contributed by atoms with Crippen molar-refractivity contribution in [1.82, 2.24) is 29.1 Å². The van der Waals surface area contributed by atoms with Crippen LogP contribution in [0.25, 0.3) is 133 Å². The Labute approximate surface area is 403 Å². The fourth-order valence-corrected chi connectivity index (χ4v) is 10.4. The van der Waals surface area contributed by atoms with Crippen molar-refractivity contribution in [3.8, 4) is 68.1 Å². The molecule has 70 heavy (non-hydrogen) atoms. The van der Waals surface area contributed by atoms with E-state index in [9.17, 15) is 0 Å². The van der Waals surface area contributed by atoms with Crippen LogP contribution >= 0.6 is 0 Å². The van der Waals surface area contributed by atoms with Gasteiger partial charge >= 0.3 is 0 Å². The maximum Gasteiger partial charge on any atom is 0.138 e. The lowest BCUT2D eigenvalue weighted by Gasteiger charge is -2.14. The lowest BCUT2D eigenvalue weighted by molar-refractivity contribution is 1.07. The fraction of sp³-hybridized carbons (Fsp3) is 0. The normalized spacial score (nSPS) is 11.7. The molecule has 0 unspecified atom stereocenters. The van der Waals surface area contributed by atoms with E-state index in [1.807, 2.05) is 24.3 Å². The van der Waals surface area contributed by atoms with Gasteiger partial charge in [0.1, 0.15) is 11.6 Å². The summed E-state index contributed by atoms with van der Waals surface area (Å²) >= 11 is 0. The van der Waals surface area contributed by atoms with Gasteiger partial charge in [0.15, 0.2) is 0 Å². The fourth-order valence-electron chi connectivity index (χ4n) is 10.4. The minimum absolute atomic E-state index is 0.740. The molecule has 0 N–H and O–H groups in total. The highest BCUT2D eigenvalue weighted by atomic mass is 15.1. The number of pyridine rings is 4. The van der Waals surface area contributed by atoms with Crippen LogP contribution in [0, 0.1) is 0 Å². The SMILES string of the molecule is c1cc(-c2cccc(-c3cc(-c4ccc5ccccc5c4)cc(-n4c5ccccc5c5ccccc54)n3)n2)nc(-c2cc(-c3ccc4ccccc4c3)cc(-n3c4ccccc4c4ccccc43)n2)c1. The molecule has 0 saturated heterocycles. The van der Waals surface area contributed by atoms with Gasteiger partial charge in [0.25, 0.3) is 0 Å². The predicted octanol–water partition coefficient (Wildman–Crippen LogP) is 16.1. The van der Waals surface area contributed by atoms with Gasteiger partial charge in [-0.25, -0.2) is 19.9 Å². The summed E-state index contributed by atoms with van der Waals surface area (Å²) in [4.78, 5) is 21.6. The quantitative estimate of drug-likeness (QED) is 0.160. The van der Waals surface area contributed by atoms with Crippen LogP contribution in [0.5, 0.6) is 0 Å². The van der Waals surface area contributed by atoms with Crippen LogP contribution in [0.2, 0.25) is 0 Å². The number of fused-ring (bicyclic) bond motifs is 8. The zero-order valence-corrected chi connectivity index (χ0v) is 37.8. The summed E-state index contributed by atoms with van der Waals surface area (Å²) in [6, 6.07) is 85.5. The molecule has 6 aromatic heterocycles. The van der Waals surface area contributed by atoms with Gasteiger partial charge in [-0.15, -0.1) is 0 Å². The highest BCUT2D eigenvalue weighted by Gasteiger charge is 2.19. The maximum absolute atomic E-state index is 5.44. The molecule has 0 amide bonds. The van der Waals surface area contributed by atoms with Crippen molar-refractivity contribution in [3.63, 3.8) is 0 Å². The van der Waals surface area contributed by atoms with Crippen molar-refractivity contribution in [1.29, 1.82) is 0 Å². The highest BCUT2D eigenvalue weighted by Crippen LogP contribution is 2.38. The highest BCUT2D eigenvalue weighted by molar-refractivity contribution is 6.10. The third-order valence-corrected chi connectivity index (χ3v) is 13.7. The second-order valence-corrected chi connectivity index (χ2v) is 17.9. The van der Waals surface area contributed by atoms with E-state index < -0.39 is 0 Å². The van der Waals surface area contributed by atoms with Crippen LogP contribution in [-0.4, -0.2) is 29.1 Å². The van der Waals surface area contributed by atoms with Crippen molar-refractivity contribution in [2.45, 2.75) is 0 Å². The van der Waals surface area contributed by atoms with E-state index in [1.165, 1.54) is 43.1 Å². The minimum Gasteiger partial charge on any atom is -0.294 e. The standard InChI is InChI=1S/C64H40N6/c1-3-17-43-35-45(33-31-41(43)15-1)47-37-57(67-63(39-47)69-59-27-9-5-19-49(59)50-20-6-10-28-60(50)69)55-25-13-23-53(65-55)54-24-14-26-56(66-54)58-38-48(46-34-32-42-16-2-4-18-44(42)36-46)40-64(68-58)70-61-29-11-7-21-51(61)52-22-8-12-30-62(52)70/h1-40H. The minimum atomic E-state index is 0.740. The molecule has 6 heteroatoms. The summed E-state index contributed by atoms with van der Waals surface area (Å²) in [6.07, 6.45) is 0. The van der Waals surface area contributed by atoms with Gasteiger partial charge in [-0.05, 0) is 129 Å². The van der Waals surface area contributed by atoms with Crippen molar-refractivity contribution < 1.29 is 0 Å². The number of benzene rings is 8. The topological polar surface area (TPSA) is 61.4 Å². The molecule has 0 bridgehead atoms. The molecule has 0 aliphatic heterocycles. The van der Waals surface area contributed by atoms with Crippen LogP contribution in [0.4, 0.5) is 0 Å². The summed E-state index contributed by atoms with van der Waals surface area (Å²) in [6.45, 7) is 0. The summed E-state index contributed by atoms with van der Waals surface area (Å²) < 4.78 is 4.56. The van der Waals surface area contributed by atoms with E-state index in [4.69, 9.17) is 19.9 Å². The molecule has 14 rings (SSSR count). The smallest absolute Gasteiger partial charge is 0.138 e. The lowest BCUT2D eigenvalue weighted by atomic mass is 10.0. The summed E-state index contributed by atoms with van der Waals surface area (Å²) in [7, 11) is 0. The summed E-state index contributed by atoms with van der Waals surface area (Å²) in [5.74, 6) is 1.64. The number of hydrogen-bond acceptors (Lipinski definition) is 4. The van der Waals surface area contributed by atoms with Gasteiger partial charge in [-0.1, -0.05) is 158 Å². The molecule has 326 valence electrons. The average Bonchev–Trinajstić information content (AvgIpc) is 3.96. The van der Waals surface area contributed by atoms with Gasteiger partial charge in [0.05, 0.1) is 56.2 Å². The van der Waals surface area contributed by atoms with Crippen molar-refractivity contribution in [2.24, 2.45) is 0 Å². The number of hydrogen-bond donors (Lipinski definition) is 0. The van der Waals surface area contributed by atoms with Crippen LogP contribution in [0.15, 0.2) is 243 Å². The zero-order valence-electron chi connectivity index (χ0n) is 37.8. The number of rotatable bonds is 7. The Balaban J connectivity index is 0.921. The van der Waals surface area contributed by atoms with E-state index in [-0.39, 0.29) is 0 Å². The Kier molecular flexibility index (Phi) is 9.10. The first-order chi connectivity index (χ1) is 34.7. The van der Waals surface area contributed by atoms with Crippen LogP contribution in [0.1, 0.15) is 0 Å². The van der Waals surface area contributed by atoms with E-state index >= 15 is 0 Å². The van der Waals surface area contributed by atoms with E-state index in [0.29, 0.717) is 0 Å². The van der Waals surface area contributed by atoms with Gasteiger partial charge in [0, 0.05) is 21.5 Å². The lowest BCUT2D eigenvalue weighted by Crippen LogP contribution is -2.02. The van der Waals surface area contributed by atoms with Crippen molar-refractivity contribution in [2.75, 3.05) is 0 Å². The predicted molar refractivity (Wildman–Crippen MR) is 288 cm³/mol. The molecule has 0 spiro atoms. The Hall–Kier alpha value is -9.52. The Bertz CT molecular complexity index is 4000. The molecular weight excluding hydrogens is 853 g/mol. The molecule has 0 fully saturated rings. The van der Waals surface area contributed by atoms with Crippen LogP contribution in [-0.2, 0) is 0 Å². The average molecular weight is 893 g/mol. The Morgan fingerprint density at radius 2 is 0.543 bits per heavy atom. The monoisotopic (exact) mass is 892 g/mol. The zero-order chi connectivity index (χ0) is 46.1. The summed E-state index contributed by atoms with van der Waals surface area (Å²) in [5.41, 5.74) is 13.2. The van der Waals surface area contributed by atoms with Gasteiger partial charge in [-0.2, -0.15) is 0 Å². The molecule has 0 aliphatic rings. The number of nitrogens with zero attached hydrogens (tertiary/aromatic N) is 6. The second-order valence-electron chi connectivity index (χ2n) is 17.9. The molecule has 0 saturated carbocycles. The molecule has 6 heterocycles. The molecular formula is C64H40N6. The van der Waals surface area contributed by atoms with Crippen molar-refractivity contribution in [3.05, 3.63) is 243 Å². The van der Waals surface area contributed by atoms with Gasteiger partial charge in [-0.3, -0.25) is 9.13 Å². The third kappa shape index (κ3) is 6.65. The third-order valence-electron chi connectivity index (χ3n) is 13.7. The van der Waals surface area contributed by atoms with Gasteiger partial charge < -0.3 is 0 Å². The summed E-state index contributed by atoms with van der Waals surface area (Å²) in [5, 5.41) is 9.50. The Morgan fingerprint density at radius 1 is 0.214 bits per heavy atom. The molecule has 8 aromatic carbocycles. The number of para-hydroxylation sites is 4. The molecule has 0 radical (unpaired) electrons. The second kappa shape index (κ2) is 16.1. The van der Waals surface area contributed by atoms with E-state index in [1.54, 1.807) is 0 Å². The Morgan fingerprint density at radius 3 is 0.929 bits per heavy atom. The van der Waals surface area contributed by atoms with E-state index in [0.717, 1.165) is 90.1 Å². The maximum atomic E-state index is 5.44. The molecule has 14 aromatic rings. The number of aromatic nitrogens is 6. The van der Waals surface area contributed by atoms with Crippen LogP contribution < -0.4 is 0 Å². The first-order valence-corrected chi connectivity index (χ1v) is 23.6. The molecule has 0 atom stereocenters. The molecule has 6 nitrogen and oxygen atoms in total. The van der Waals surface area contributed by atoms with Gasteiger partial charge in [0.2, 0.25) is 0 Å². The first-order valence-electron chi connectivity index (χ1n) is 23.6. The molecule has 0 aliphatic carbocycles. The van der Waals surface area contributed by atoms with E-state index in [2.05, 4.69) is 228 Å². The van der Waals surface area contributed by atoms with Crippen LogP contribution in [0.3, 0.4) is 0 Å². The van der Waals surface area contributed by atoms with Crippen molar-refractivity contribution >= 4 is 65.2 Å². The largest absolute Gasteiger partial charge is 0.294 e. The first kappa shape index (κ1) is 39.6.